The molecule has 1 saturated heterocycles. The lowest BCUT2D eigenvalue weighted by Gasteiger charge is -2.22. The molecule has 0 radical (unpaired) electrons. The van der Waals surface area contributed by atoms with Crippen LogP contribution in [-0.4, -0.2) is 62.9 Å². The van der Waals surface area contributed by atoms with E-state index >= 15 is 0 Å². The van der Waals surface area contributed by atoms with Crippen LogP contribution in [0.25, 0.3) is 22.6 Å². The summed E-state index contributed by atoms with van der Waals surface area (Å²) < 4.78 is 1.84. The lowest BCUT2D eigenvalue weighted by atomic mass is 10.2. The van der Waals surface area contributed by atoms with E-state index < -0.39 is 0 Å². The lowest BCUT2D eigenvalue weighted by Crippen LogP contribution is -2.31. The summed E-state index contributed by atoms with van der Waals surface area (Å²) in [4.78, 5) is 18.7. The molecule has 0 spiro atoms. The summed E-state index contributed by atoms with van der Waals surface area (Å²) >= 11 is 0. The molecular weight excluding hydrogens is 314 g/mol. The Bertz CT molecular complexity index is 901. The molecule has 0 amide bonds. The van der Waals surface area contributed by atoms with Gasteiger partial charge in [0.2, 0.25) is 0 Å². The summed E-state index contributed by atoms with van der Waals surface area (Å²) in [5.74, 6) is 1.63. The van der Waals surface area contributed by atoms with Gasteiger partial charge in [0.25, 0.3) is 0 Å². The maximum atomic E-state index is 4.90. The average Bonchev–Trinajstić information content (AvgIpc) is 3.21. The Hall–Kier alpha value is -2.54. The van der Waals surface area contributed by atoms with Gasteiger partial charge in [-0.15, -0.1) is 0 Å². The molecule has 0 bridgehead atoms. The Morgan fingerprint density at radius 3 is 2.72 bits per heavy atom. The first-order valence-corrected chi connectivity index (χ1v) is 8.58. The number of pyridine rings is 1. The number of fused-ring (bicyclic) bond motifs is 1. The van der Waals surface area contributed by atoms with Crippen LogP contribution in [0.4, 0.5) is 5.82 Å². The summed E-state index contributed by atoms with van der Waals surface area (Å²) in [6.45, 7) is 3.98. The molecular formula is C18H23N7. The first-order chi connectivity index (χ1) is 12.0. The van der Waals surface area contributed by atoms with E-state index in [-0.39, 0.29) is 0 Å². The van der Waals surface area contributed by atoms with Gasteiger partial charge in [-0.3, -0.25) is 9.67 Å². The zero-order valence-corrected chi connectivity index (χ0v) is 15.1. The number of hydrogen-bond acceptors (Lipinski definition) is 6. The number of aryl methyl sites for hydroxylation is 2. The molecule has 0 unspecified atom stereocenters. The number of rotatable bonds is 3. The SMILES string of the molecule is Cc1nn(C)c2nc(-c3ccccn3)nc(N3CC[C@H](N(C)C)C3)c12. The molecule has 7 nitrogen and oxygen atoms in total. The molecule has 25 heavy (non-hydrogen) atoms. The van der Waals surface area contributed by atoms with Crippen molar-refractivity contribution in [2.45, 2.75) is 19.4 Å². The summed E-state index contributed by atoms with van der Waals surface area (Å²) in [5.41, 5.74) is 2.61. The van der Waals surface area contributed by atoms with Crippen molar-refractivity contribution in [2.75, 3.05) is 32.1 Å². The normalized spacial score (nSPS) is 17.8. The highest BCUT2D eigenvalue weighted by molar-refractivity contribution is 5.91. The standard InChI is InChI=1S/C18H23N7/c1-12-15-17(24(4)22-12)20-16(14-7-5-6-9-19-14)21-18(15)25-10-8-13(11-25)23(2)3/h5-7,9,13H,8,10-11H2,1-4H3/t13-/m0/s1. The number of nitrogens with zero attached hydrogens (tertiary/aromatic N) is 7. The second-order valence-electron chi connectivity index (χ2n) is 6.85. The van der Waals surface area contributed by atoms with Crippen LogP contribution >= 0.6 is 0 Å². The second-order valence-corrected chi connectivity index (χ2v) is 6.85. The minimum Gasteiger partial charge on any atom is -0.354 e. The van der Waals surface area contributed by atoms with E-state index in [0.717, 1.165) is 47.7 Å². The number of hydrogen-bond donors (Lipinski definition) is 0. The van der Waals surface area contributed by atoms with Gasteiger partial charge in [0.05, 0.1) is 11.1 Å². The van der Waals surface area contributed by atoms with Crippen molar-refractivity contribution >= 4 is 16.9 Å². The van der Waals surface area contributed by atoms with Gasteiger partial charge in [-0.25, -0.2) is 9.97 Å². The molecule has 1 aliphatic rings. The van der Waals surface area contributed by atoms with Crippen LogP contribution in [0.3, 0.4) is 0 Å². The van der Waals surface area contributed by atoms with E-state index in [1.807, 2.05) is 36.9 Å². The summed E-state index contributed by atoms with van der Waals surface area (Å²) in [6.07, 6.45) is 2.91. The van der Waals surface area contributed by atoms with Crippen LogP contribution in [0.2, 0.25) is 0 Å². The molecule has 1 atom stereocenters. The third kappa shape index (κ3) is 2.74. The molecule has 1 aliphatic heterocycles. The highest BCUT2D eigenvalue weighted by Crippen LogP contribution is 2.31. The largest absolute Gasteiger partial charge is 0.354 e. The molecule has 0 aliphatic carbocycles. The monoisotopic (exact) mass is 337 g/mol. The molecule has 0 N–H and O–H groups in total. The first kappa shape index (κ1) is 16.0. The van der Waals surface area contributed by atoms with Gasteiger partial charge < -0.3 is 9.80 Å². The third-order valence-corrected chi connectivity index (χ3v) is 4.93. The van der Waals surface area contributed by atoms with Crippen molar-refractivity contribution in [3.8, 4) is 11.5 Å². The number of aromatic nitrogens is 5. The van der Waals surface area contributed by atoms with Crippen molar-refractivity contribution < 1.29 is 0 Å². The number of likely N-dealkylation sites (N-methyl/N-ethyl adjacent to an activating group) is 1. The topological polar surface area (TPSA) is 63.0 Å². The Kier molecular flexibility index (Phi) is 3.88. The van der Waals surface area contributed by atoms with Crippen molar-refractivity contribution in [3.63, 3.8) is 0 Å². The Labute approximate surface area is 147 Å². The van der Waals surface area contributed by atoms with Crippen LogP contribution in [-0.2, 0) is 7.05 Å². The highest BCUT2D eigenvalue weighted by Gasteiger charge is 2.28. The van der Waals surface area contributed by atoms with Gasteiger partial charge in [-0.1, -0.05) is 6.07 Å². The molecule has 4 heterocycles. The van der Waals surface area contributed by atoms with Crippen molar-refractivity contribution in [2.24, 2.45) is 7.05 Å². The minimum atomic E-state index is 0.542. The van der Waals surface area contributed by atoms with Crippen LogP contribution in [0.1, 0.15) is 12.1 Å². The molecule has 7 heteroatoms. The molecule has 4 rings (SSSR count). The van der Waals surface area contributed by atoms with Gasteiger partial charge >= 0.3 is 0 Å². The van der Waals surface area contributed by atoms with Crippen LogP contribution < -0.4 is 4.90 Å². The first-order valence-electron chi connectivity index (χ1n) is 8.58. The maximum Gasteiger partial charge on any atom is 0.182 e. The van der Waals surface area contributed by atoms with Crippen LogP contribution in [0, 0.1) is 6.92 Å². The summed E-state index contributed by atoms with van der Waals surface area (Å²) in [5, 5.41) is 5.61. The van der Waals surface area contributed by atoms with E-state index in [9.17, 15) is 0 Å². The summed E-state index contributed by atoms with van der Waals surface area (Å²) in [7, 11) is 6.21. The third-order valence-electron chi connectivity index (χ3n) is 4.93. The zero-order chi connectivity index (χ0) is 17.6. The molecule has 3 aromatic rings. The Morgan fingerprint density at radius 1 is 1.20 bits per heavy atom. The van der Waals surface area contributed by atoms with E-state index in [2.05, 4.69) is 34.0 Å². The zero-order valence-electron chi connectivity index (χ0n) is 15.1. The van der Waals surface area contributed by atoms with Gasteiger partial charge in [0, 0.05) is 32.4 Å². The minimum absolute atomic E-state index is 0.542. The molecule has 1 fully saturated rings. The van der Waals surface area contributed by atoms with Crippen LogP contribution in [0.5, 0.6) is 0 Å². The Balaban J connectivity index is 1.87. The van der Waals surface area contributed by atoms with Crippen molar-refractivity contribution in [1.82, 2.24) is 29.6 Å². The molecule has 3 aromatic heterocycles. The quantitative estimate of drug-likeness (QED) is 0.727. The van der Waals surface area contributed by atoms with Gasteiger partial charge in [0.15, 0.2) is 11.5 Å². The van der Waals surface area contributed by atoms with E-state index in [0.29, 0.717) is 11.9 Å². The molecule has 130 valence electrons. The molecule has 0 saturated carbocycles. The van der Waals surface area contributed by atoms with Crippen molar-refractivity contribution in [1.29, 1.82) is 0 Å². The Morgan fingerprint density at radius 2 is 2.04 bits per heavy atom. The second kappa shape index (κ2) is 6.07. The predicted octanol–water partition coefficient (Wildman–Crippen LogP) is 1.87. The fourth-order valence-electron chi connectivity index (χ4n) is 3.51. The van der Waals surface area contributed by atoms with E-state index in [1.165, 1.54) is 0 Å². The van der Waals surface area contributed by atoms with Crippen LogP contribution in [0.15, 0.2) is 24.4 Å². The summed E-state index contributed by atoms with van der Waals surface area (Å²) in [6, 6.07) is 6.35. The van der Waals surface area contributed by atoms with E-state index in [1.54, 1.807) is 6.20 Å². The smallest absolute Gasteiger partial charge is 0.182 e. The average molecular weight is 337 g/mol. The lowest BCUT2D eigenvalue weighted by molar-refractivity contribution is 0.315. The highest BCUT2D eigenvalue weighted by atomic mass is 15.3. The fraction of sp³-hybridized carbons (Fsp3) is 0.444. The maximum absolute atomic E-state index is 4.90. The fourth-order valence-corrected chi connectivity index (χ4v) is 3.51. The number of anilines is 1. The van der Waals surface area contributed by atoms with Gasteiger partial charge in [-0.05, 0) is 39.6 Å². The van der Waals surface area contributed by atoms with Gasteiger partial charge in [0.1, 0.15) is 11.5 Å². The predicted molar refractivity (Wildman–Crippen MR) is 98.6 cm³/mol. The van der Waals surface area contributed by atoms with Crippen molar-refractivity contribution in [3.05, 3.63) is 30.1 Å². The van der Waals surface area contributed by atoms with Gasteiger partial charge in [-0.2, -0.15) is 5.10 Å². The molecule has 0 aromatic carbocycles. The van der Waals surface area contributed by atoms with E-state index in [4.69, 9.17) is 9.97 Å².